The number of likely N-dealkylation sites (N-methyl/N-ethyl adjacent to an activating group) is 1. The van der Waals surface area contributed by atoms with Gasteiger partial charge in [-0.25, -0.2) is 4.39 Å². The predicted molar refractivity (Wildman–Crippen MR) is 73.1 cm³/mol. The lowest BCUT2D eigenvalue weighted by Gasteiger charge is -2.25. The highest BCUT2D eigenvalue weighted by atomic mass is 19.1. The average Bonchev–Trinajstić information content (AvgIpc) is 2.85. The van der Waals surface area contributed by atoms with Crippen molar-refractivity contribution in [3.8, 4) is 0 Å². The summed E-state index contributed by atoms with van der Waals surface area (Å²) in [5, 5.41) is 3.52. The molecule has 1 aliphatic rings. The zero-order valence-corrected chi connectivity index (χ0v) is 11.4. The lowest BCUT2D eigenvalue weighted by molar-refractivity contribution is 0.252. The van der Waals surface area contributed by atoms with Crippen molar-refractivity contribution in [1.29, 1.82) is 0 Å². The Hall–Kier alpha value is -0.930. The van der Waals surface area contributed by atoms with Crippen LogP contribution in [0.15, 0.2) is 18.2 Å². The molecular weight excluding hydrogens is 227 g/mol. The minimum absolute atomic E-state index is 0.134. The van der Waals surface area contributed by atoms with Gasteiger partial charge in [0.25, 0.3) is 0 Å². The van der Waals surface area contributed by atoms with E-state index in [1.165, 1.54) is 24.5 Å². The molecule has 0 aliphatic carbocycles. The van der Waals surface area contributed by atoms with Gasteiger partial charge in [-0.3, -0.25) is 4.90 Å². The maximum Gasteiger partial charge on any atom is 0.123 e. The molecule has 2 rings (SSSR count). The van der Waals surface area contributed by atoms with E-state index in [0.29, 0.717) is 6.04 Å². The highest BCUT2D eigenvalue weighted by Crippen LogP contribution is 2.14. The molecule has 1 saturated heterocycles. The maximum absolute atomic E-state index is 13.3. The second kappa shape index (κ2) is 6.30. The highest BCUT2D eigenvalue weighted by molar-refractivity contribution is 5.26. The zero-order valence-electron chi connectivity index (χ0n) is 11.4. The second-order valence-corrected chi connectivity index (χ2v) is 5.19. The number of hydrogen-bond acceptors (Lipinski definition) is 2. The number of rotatable bonds is 5. The van der Waals surface area contributed by atoms with Crippen LogP contribution in [0.25, 0.3) is 0 Å². The molecule has 1 heterocycles. The molecular formula is C15H23FN2. The third-order valence-corrected chi connectivity index (χ3v) is 3.79. The first-order valence-corrected chi connectivity index (χ1v) is 6.90. The maximum atomic E-state index is 13.3. The van der Waals surface area contributed by atoms with Crippen LogP contribution >= 0.6 is 0 Å². The van der Waals surface area contributed by atoms with Crippen LogP contribution in [0, 0.1) is 12.7 Å². The molecule has 0 aromatic heterocycles. The third-order valence-electron chi connectivity index (χ3n) is 3.79. The van der Waals surface area contributed by atoms with Gasteiger partial charge in [0.2, 0.25) is 0 Å². The van der Waals surface area contributed by atoms with Crippen molar-refractivity contribution in [2.45, 2.75) is 39.3 Å². The topological polar surface area (TPSA) is 15.3 Å². The van der Waals surface area contributed by atoms with Gasteiger partial charge in [-0.2, -0.15) is 0 Å². The summed E-state index contributed by atoms with van der Waals surface area (Å²) in [5.41, 5.74) is 2.28. The van der Waals surface area contributed by atoms with Gasteiger partial charge in [0.1, 0.15) is 5.82 Å². The summed E-state index contributed by atoms with van der Waals surface area (Å²) >= 11 is 0. The molecule has 1 aromatic rings. The SMILES string of the molecule is CCN(Cc1cc(F)ccc1C)CC1CCCN1. The Bertz CT molecular complexity index is 386. The number of nitrogens with zero attached hydrogens (tertiary/aromatic N) is 1. The van der Waals surface area contributed by atoms with Crippen molar-refractivity contribution in [3.05, 3.63) is 35.1 Å². The molecule has 0 radical (unpaired) electrons. The quantitative estimate of drug-likeness (QED) is 0.864. The number of hydrogen-bond donors (Lipinski definition) is 1. The molecule has 1 aliphatic heterocycles. The normalized spacial score (nSPS) is 19.7. The van der Waals surface area contributed by atoms with Gasteiger partial charge in [0.15, 0.2) is 0 Å². The van der Waals surface area contributed by atoms with Gasteiger partial charge in [-0.05, 0) is 56.1 Å². The number of halogens is 1. The summed E-state index contributed by atoms with van der Waals surface area (Å²) in [7, 11) is 0. The minimum Gasteiger partial charge on any atom is -0.313 e. The zero-order chi connectivity index (χ0) is 13.0. The number of benzene rings is 1. The first kappa shape index (κ1) is 13.5. The molecule has 18 heavy (non-hydrogen) atoms. The van der Waals surface area contributed by atoms with Gasteiger partial charge in [0.05, 0.1) is 0 Å². The van der Waals surface area contributed by atoms with Crippen LogP contribution in [0.1, 0.15) is 30.9 Å². The van der Waals surface area contributed by atoms with Crippen molar-refractivity contribution in [2.75, 3.05) is 19.6 Å². The fraction of sp³-hybridized carbons (Fsp3) is 0.600. The van der Waals surface area contributed by atoms with Crippen molar-refractivity contribution in [1.82, 2.24) is 10.2 Å². The van der Waals surface area contributed by atoms with E-state index in [4.69, 9.17) is 0 Å². The summed E-state index contributed by atoms with van der Waals surface area (Å²) in [6, 6.07) is 5.68. The van der Waals surface area contributed by atoms with Crippen LogP contribution in [0.5, 0.6) is 0 Å². The Kier molecular flexibility index (Phi) is 4.72. The summed E-state index contributed by atoms with van der Waals surface area (Å²) in [5.74, 6) is -0.134. The Labute approximate surface area is 109 Å². The van der Waals surface area contributed by atoms with Crippen LogP contribution in [-0.4, -0.2) is 30.6 Å². The van der Waals surface area contributed by atoms with E-state index in [-0.39, 0.29) is 5.82 Å². The van der Waals surface area contributed by atoms with E-state index < -0.39 is 0 Å². The van der Waals surface area contributed by atoms with Gasteiger partial charge in [-0.15, -0.1) is 0 Å². The Morgan fingerprint density at radius 2 is 2.28 bits per heavy atom. The second-order valence-electron chi connectivity index (χ2n) is 5.19. The van der Waals surface area contributed by atoms with E-state index in [2.05, 4.69) is 24.1 Å². The van der Waals surface area contributed by atoms with Gasteiger partial charge >= 0.3 is 0 Å². The van der Waals surface area contributed by atoms with Crippen LogP contribution in [0.3, 0.4) is 0 Å². The standard InChI is InChI=1S/C15H23FN2/c1-3-18(11-15-5-4-8-17-15)10-13-9-14(16)7-6-12(13)2/h6-7,9,15,17H,3-5,8,10-11H2,1-2H3. The first-order valence-electron chi connectivity index (χ1n) is 6.90. The molecule has 3 heteroatoms. The molecule has 0 saturated carbocycles. The molecule has 0 bridgehead atoms. The summed E-state index contributed by atoms with van der Waals surface area (Å²) in [4.78, 5) is 2.39. The smallest absolute Gasteiger partial charge is 0.123 e. The summed E-state index contributed by atoms with van der Waals surface area (Å²) < 4.78 is 13.3. The highest BCUT2D eigenvalue weighted by Gasteiger charge is 2.17. The molecule has 1 N–H and O–H groups in total. The van der Waals surface area contributed by atoms with Crippen molar-refractivity contribution in [2.24, 2.45) is 0 Å². The molecule has 1 aromatic carbocycles. The first-order chi connectivity index (χ1) is 8.69. The predicted octanol–water partition coefficient (Wildman–Crippen LogP) is 2.71. The van der Waals surface area contributed by atoms with Crippen LogP contribution in [0.4, 0.5) is 4.39 Å². The Morgan fingerprint density at radius 3 is 2.94 bits per heavy atom. The van der Waals surface area contributed by atoms with Crippen LogP contribution in [0.2, 0.25) is 0 Å². The molecule has 0 spiro atoms. The molecule has 1 unspecified atom stereocenters. The summed E-state index contributed by atoms with van der Waals surface area (Å²) in [6.45, 7) is 8.28. The fourth-order valence-electron chi connectivity index (χ4n) is 2.58. The van der Waals surface area contributed by atoms with Crippen molar-refractivity contribution >= 4 is 0 Å². The minimum atomic E-state index is -0.134. The van der Waals surface area contributed by atoms with E-state index in [1.807, 2.05) is 6.07 Å². The van der Waals surface area contributed by atoms with Crippen LogP contribution < -0.4 is 5.32 Å². The molecule has 1 fully saturated rings. The van der Waals surface area contributed by atoms with E-state index in [0.717, 1.165) is 31.7 Å². The monoisotopic (exact) mass is 250 g/mol. The molecule has 2 nitrogen and oxygen atoms in total. The number of aryl methyl sites for hydroxylation is 1. The van der Waals surface area contributed by atoms with E-state index >= 15 is 0 Å². The lowest BCUT2D eigenvalue weighted by Crippen LogP contribution is -2.37. The van der Waals surface area contributed by atoms with E-state index in [1.54, 1.807) is 6.07 Å². The van der Waals surface area contributed by atoms with Gasteiger partial charge in [-0.1, -0.05) is 13.0 Å². The van der Waals surface area contributed by atoms with Crippen LogP contribution in [-0.2, 0) is 6.54 Å². The summed E-state index contributed by atoms with van der Waals surface area (Å²) in [6.07, 6.45) is 2.54. The third kappa shape index (κ3) is 3.53. The molecule has 1 atom stereocenters. The van der Waals surface area contributed by atoms with Crippen molar-refractivity contribution in [3.63, 3.8) is 0 Å². The Morgan fingerprint density at radius 1 is 1.44 bits per heavy atom. The fourth-order valence-corrected chi connectivity index (χ4v) is 2.58. The molecule has 0 amide bonds. The largest absolute Gasteiger partial charge is 0.313 e. The van der Waals surface area contributed by atoms with Gasteiger partial charge in [0, 0.05) is 19.1 Å². The van der Waals surface area contributed by atoms with Crippen molar-refractivity contribution < 1.29 is 4.39 Å². The Balaban J connectivity index is 1.98. The average molecular weight is 250 g/mol. The molecule has 100 valence electrons. The lowest BCUT2D eigenvalue weighted by atomic mass is 10.1. The van der Waals surface area contributed by atoms with Gasteiger partial charge < -0.3 is 5.32 Å². The van der Waals surface area contributed by atoms with E-state index in [9.17, 15) is 4.39 Å². The number of nitrogens with one attached hydrogen (secondary N) is 1.